The SMILES string of the molecule is CCNC(=O)N1CCCC(N)C1COC1CCC1. The summed E-state index contributed by atoms with van der Waals surface area (Å²) in [5.74, 6) is 0. The molecule has 5 heteroatoms. The van der Waals surface area contributed by atoms with Crippen LogP contribution >= 0.6 is 0 Å². The molecular weight excluding hydrogens is 230 g/mol. The van der Waals surface area contributed by atoms with Crippen molar-refractivity contribution in [2.75, 3.05) is 19.7 Å². The molecule has 5 nitrogen and oxygen atoms in total. The molecule has 1 heterocycles. The van der Waals surface area contributed by atoms with Crippen LogP contribution in [-0.4, -0.2) is 48.8 Å². The lowest BCUT2D eigenvalue weighted by Crippen LogP contribution is -2.59. The number of carbonyl (C=O) groups excluding carboxylic acids is 1. The van der Waals surface area contributed by atoms with Gasteiger partial charge in [-0.3, -0.25) is 0 Å². The Bertz CT molecular complexity index is 281. The van der Waals surface area contributed by atoms with Crippen molar-refractivity contribution < 1.29 is 9.53 Å². The van der Waals surface area contributed by atoms with E-state index in [-0.39, 0.29) is 18.1 Å². The Morgan fingerprint density at radius 1 is 1.39 bits per heavy atom. The minimum Gasteiger partial charge on any atom is -0.376 e. The number of hydrogen-bond donors (Lipinski definition) is 2. The van der Waals surface area contributed by atoms with Gasteiger partial charge in [-0.15, -0.1) is 0 Å². The zero-order valence-electron chi connectivity index (χ0n) is 11.2. The Balaban J connectivity index is 1.89. The highest BCUT2D eigenvalue weighted by molar-refractivity contribution is 5.74. The second-order valence-corrected chi connectivity index (χ2v) is 5.29. The molecule has 1 aliphatic carbocycles. The molecule has 1 saturated carbocycles. The first kappa shape index (κ1) is 13.6. The number of nitrogens with one attached hydrogen (secondary N) is 1. The molecule has 0 aromatic rings. The average Bonchev–Trinajstić information content (AvgIpc) is 2.29. The number of likely N-dealkylation sites (tertiary alicyclic amines) is 1. The van der Waals surface area contributed by atoms with E-state index in [1.165, 1.54) is 6.42 Å². The predicted molar refractivity (Wildman–Crippen MR) is 70.4 cm³/mol. The van der Waals surface area contributed by atoms with Gasteiger partial charge in [0.25, 0.3) is 0 Å². The molecule has 104 valence electrons. The van der Waals surface area contributed by atoms with Gasteiger partial charge < -0.3 is 20.7 Å². The molecular formula is C13H25N3O2. The van der Waals surface area contributed by atoms with Crippen LogP contribution in [0.25, 0.3) is 0 Å². The van der Waals surface area contributed by atoms with Gasteiger partial charge in [0.15, 0.2) is 0 Å². The monoisotopic (exact) mass is 255 g/mol. The third-order valence-electron chi connectivity index (χ3n) is 3.97. The standard InChI is InChI=1S/C13H25N3O2/c1-2-15-13(17)16-8-4-7-11(14)12(16)9-18-10-5-3-6-10/h10-12H,2-9,14H2,1H3,(H,15,17). The van der Waals surface area contributed by atoms with Crippen molar-refractivity contribution in [3.63, 3.8) is 0 Å². The van der Waals surface area contributed by atoms with Crippen LogP contribution in [0.15, 0.2) is 0 Å². The summed E-state index contributed by atoms with van der Waals surface area (Å²) in [6.07, 6.45) is 5.94. The van der Waals surface area contributed by atoms with Gasteiger partial charge in [0.1, 0.15) is 0 Å². The molecule has 0 bridgehead atoms. The largest absolute Gasteiger partial charge is 0.376 e. The fourth-order valence-corrected chi connectivity index (χ4v) is 2.58. The molecule has 0 aromatic carbocycles. The predicted octanol–water partition coefficient (Wildman–Crippen LogP) is 1.08. The summed E-state index contributed by atoms with van der Waals surface area (Å²) >= 11 is 0. The topological polar surface area (TPSA) is 67.6 Å². The Morgan fingerprint density at radius 3 is 2.78 bits per heavy atom. The molecule has 2 rings (SSSR count). The first-order chi connectivity index (χ1) is 8.72. The maximum absolute atomic E-state index is 12.0. The van der Waals surface area contributed by atoms with E-state index in [0.717, 1.165) is 32.2 Å². The van der Waals surface area contributed by atoms with Crippen LogP contribution in [0.3, 0.4) is 0 Å². The molecule has 0 radical (unpaired) electrons. The molecule has 3 N–H and O–H groups in total. The number of piperidine rings is 1. The van der Waals surface area contributed by atoms with Crippen LogP contribution in [0, 0.1) is 0 Å². The summed E-state index contributed by atoms with van der Waals surface area (Å²) in [6, 6.07) is 0.0715. The Kier molecular flexibility index (Phi) is 4.83. The Labute approximate surface area is 109 Å². The molecule has 1 aliphatic heterocycles. The van der Waals surface area contributed by atoms with Crippen LogP contribution in [-0.2, 0) is 4.74 Å². The van der Waals surface area contributed by atoms with Gasteiger partial charge in [0, 0.05) is 19.1 Å². The summed E-state index contributed by atoms with van der Waals surface area (Å²) < 4.78 is 5.84. The van der Waals surface area contributed by atoms with E-state index in [4.69, 9.17) is 10.5 Å². The fourth-order valence-electron chi connectivity index (χ4n) is 2.58. The number of urea groups is 1. The second-order valence-electron chi connectivity index (χ2n) is 5.29. The molecule has 2 amide bonds. The Morgan fingerprint density at radius 2 is 2.17 bits per heavy atom. The maximum atomic E-state index is 12.0. The molecule has 2 fully saturated rings. The lowest BCUT2D eigenvalue weighted by atomic mass is 9.95. The van der Waals surface area contributed by atoms with E-state index in [0.29, 0.717) is 19.3 Å². The average molecular weight is 255 g/mol. The van der Waals surface area contributed by atoms with Gasteiger partial charge in [-0.05, 0) is 39.0 Å². The van der Waals surface area contributed by atoms with E-state index in [2.05, 4.69) is 5.32 Å². The molecule has 0 aromatic heterocycles. The molecule has 2 atom stereocenters. The number of carbonyl (C=O) groups is 1. The summed E-state index contributed by atoms with van der Waals surface area (Å²) in [6.45, 7) is 3.96. The normalized spacial score (nSPS) is 28.9. The number of nitrogens with two attached hydrogens (primary N) is 1. The van der Waals surface area contributed by atoms with Crippen molar-refractivity contribution in [3.8, 4) is 0 Å². The van der Waals surface area contributed by atoms with Gasteiger partial charge in [0.2, 0.25) is 0 Å². The van der Waals surface area contributed by atoms with Crippen molar-refractivity contribution in [3.05, 3.63) is 0 Å². The summed E-state index contributed by atoms with van der Waals surface area (Å²) in [5, 5.41) is 2.86. The number of nitrogens with zero attached hydrogens (tertiary/aromatic N) is 1. The molecule has 0 spiro atoms. The summed E-state index contributed by atoms with van der Waals surface area (Å²) in [4.78, 5) is 13.8. The highest BCUT2D eigenvalue weighted by Crippen LogP contribution is 2.24. The quantitative estimate of drug-likeness (QED) is 0.790. The van der Waals surface area contributed by atoms with Gasteiger partial charge in [-0.2, -0.15) is 0 Å². The van der Waals surface area contributed by atoms with E-state index >= 15 is 0 Å². The first-order valence-electron chi connectivity index (χ1n) is 7.14. The van der Waals surface area contributed by atoms with Crippen LogP contribution in [0.2, 0.25) is 0 Å². The van der Waals surface area contributed by atoms with Crippen LogP contribution in [0.4, 0.5) is 4.79 Å². The van der Waals surface area contributed by atoms with Crippen molar-refractivity contribution >= 4 is 6.03 Å². The van der Waals surface area contributed by atoms with Crippen LogP contribution < -0.4 is 11.1 Å². The van der Waals surface area contributed by atoms with Crippen molar-refractivity contribution in [1.82, 2.24) is 10.2 Å². The summed E-state index contributed by atoms with van der Waals surface area (Å²) in [7, 11) is 0. The zero-order chi connectivity index (χ0) is 13.0. The lowest BCUT2D eigenvalue weighted by molar-refractivity contribution is -0.0324. The maximum Gasteiger partial charge on any atom is 0.317 e. The van der Waals surface area contributed by atoms with E-state index in [9.17, 15) is 4.79 Å². The minimum absolute atomic E-state index is 0.00476. The van der Waals surface area contributed by atoms with Crippen LogP contribution in [0.1, 0.15) is 39.0 Å². The van der Waals surface area contributed by atoms with Crippen molar-refractivity contribution in [2.24, 2.45) is 5.73 Å². The van der Waals surface area contributed by atoms with E-state index in [1.54, 1.807) is 0 Å². The highest BCUT2D eigenvalue weighted by Gasteiger charge is 2.33. The first-order valence-corrected chi connectivity index (χ1v) is 7.14. The van der Waals surface area contributed by atoms with Crippen LogP contribution in [0.5, 0.6) is 0 Å². The van der Waals surface area contributed by atoms with E-state index < -0.39 is 0 Å². The smallest absolute Gasteiger partial charge is 0.317 e. The highest BCUT2D eigenvalue weighted by atomic mass is 16.5. The second kappa shape index (κ2) is 6.38. The zero-order valence-corrected chi connectivity index (χ0v) is 11.2. The molecule has 2 unspecified atom stereocenters. The number of hydrogen-bond acceptors (Lipinski definition) is 3. The number of rotatable bonds is 4. The number of amides is 2. The van der Waals surface area contributed by atoms with Gasteiger partial charge in [-0.25, -0.2) is 4.79 Å². The van der Waals surface area contributed by atoms with E-state index in [1.807, 2.05) is 11.8 Å². The molecule has 1 saturated heterocycles. The third-order valence-corrected chi connectivity index (χ3v) is 3.97. The number of ether oxygens (including phenoxy) is 1. The molecule has 18 heavy (non-hydrogen) atoms. The van der Waals surface area contributed by atoms with Gasteiger partial charge in [0.05, 0.1) is 18.8 Å². The third kappa shape index (κ3) is 3.14. The minimum atomic E-state index is -0.00476. The summed E-state index contributed by atoms with van der Waals surface area (Å²) in [5.41, 5.74) is 6.15. The van der Waals surface area contributed by atoms with Crippen molar-refractivity contribution in [1.29, 1.82) is 0 Å². The van der Waals surface area contributed by atoms with Gasteiger partial charge >= 0.3 is 6.03 Å². The van der Waals surface area contributed by atoms with Crippen molar-refractivity contribution in [2.45, 2.75) is 57.2 Å². The Hall–Kier alpha value is -0.810. The fraction of sp³-hybridized carbons (Fsp3) is 0.923. The molecule has 2 aliphatic rings. The lowest BCUT2D eigenvalue weighted by Gasteiger charge is -2.40. The van der Waals surface area contributed by atoms with Gasteiger partial charge in [-0.1, -0.05) is 0 Å².